The Morgan fingerprint density at radius 3 is 2.46 bits per heavy atom. The van der Waals surface area contributed by atoms with Gasteiger partial charge in [0.2, 0.25) is 0 Å². The number of hydrogen-bond acceptors (Lipinski definition) is 4. The van der Waals surface area contributed by atoms with Crippen LogP contribution in [0.4, 0.5) is 0 Å². The van der Waals surface area contributed by atoms with E-state index >= 15 is 0 Å². The zero-order valence-electron chi connectivity index (χ0n) is 14.9. The second-order valence-electron chi connectivity index (χ2n) is 6.88. The minimum Gasteiger partial charge on any atom is -0.293 e. The van der Waals surface area contributed by atoms with Crippen molar-refractivity contribution in [3.05, 3.63) is 53.9 Å². The third-order valence-electron chi connectivity index (χ3n) is 5.08. The summed E-state index contributed by atoms with van der Waals surface area (Å²) in [4.78, 5) is 16.2. The van der Waals surface area contributed by atoms with E-state index in [-0.39, 0.29) is 0 Å². The summed E-state index contributed by atoms with van der Waals surface area (Å²) in [5, 5.41) is 0. The molecule has 1 atom stereocenters. The van der Waals surface area contributed by atoms with Crippen LogP contribution in [0, 0.1) is 0 Å². The Morgan fingerprint density at radius 2 is 1.83 bits per heavy atom. The number of hydrogen-bond donors (Lipinski definition) is 0. The van der Waals surface area contributed by atoms with E-state index in [1.165, 1.54) is 37.7 Å². The largest absolute Gasteiger partial charge is 0.293 e. The molecule has 1 aliphatic rings. The molecule has 0 unspecified atom stereocenters. The van der Waals surface area contributed by atoms with Crippen LogP contribution in [0.15, 0.2) is 36.8 Å². The molecule has 3 rings (SSSR count). The van der Waals surface area contributed by atoms with Gasteiger partial charge in [0.05, 0.1) is 11.7 Å². The van der Waals surface area contributed by atoms with Gasteiger partial charge in [-0.05, 0) is 38.4 Å². The van der Waals surface area contributed by atoms with Crippen molar-refractivity contribution >= 4 is 0 Å². The van der Waals surface area contributed by atoms with Crippen molar-refractivity contribution < 1.29 is 0 Å². The Labute approximate surface area is 145 Å². The van der Waals surface area contributed by atoms with Gasteiger partial charge in [0.1, 0.15) is 5.82 Å². The van der Waals surface area contributed by atoms with E-state index in [1.54, 1.807) is 0 Å². The normalized spacial score (nSPS) is 17.1. The lowest BCUT2D eigenvalue weighted by molar-refractivity contribution is 0.225. The van der Waals surface area contributed by atoms with Crippen molar-refractivity contribution in [2.24, 2.45) is 0 Å². The highest BCUT2D eigenvalue weighted by Gasteiger charge is 2.19. The van der Waals surface area contributed by atoms with Crippen LogP contribution < -0.4 is 0 Å². The van der Waals surface area contributed by atoms with Gasteiger partial charge in [-0.1, -0.05) is 32.3 Å². The number of rotatable bonds is 6. The van der Waals surface area contributed by atoms with Crippen LogP contribution in [0.25, 0.3) is 0 Å². The molecule has 24 heavy (non-hydrogen) atoms. The van der Waals surface area contributed by atoms with E-state index in [1.807, 2.05) is 24.7 Å². The van der Waals surface area contributed by atoms with Crippen molar-refractivity contribution in [1.29, 1.82) is 0 Å². The molecular weight excluding hydrogens is 296 g/mol. The molecule has 4 nitrogen and oxygen atoms in total. The van der Waals surface area contributed by atoms with E-state index < -0.39 is 0 Å². The molecule has 0 N–H and O–H groups in total. The van der Waals surface area contributed by atoms with Crippen molar-refractivity contribution in [3.8, 4) is 0 Å². The van der Waals surface area contributed by atoms with Crippen molar-refractivity contribution in [1.82, 2.24) is 19.9 Å². The molecule has 1 fully saturated rings. The smallest absolute Gasteiger partial charge is 0.131 e. The van der Waals surface area contributed by atoms with Gasteiger partial charge in [0, 0.05) is 36.6 Å². The molecule has 0 amide bonds. The van der Waals surface area contributed by atoms with Gasteiger partial charge in [0.25, 0.3) is 0 Å². The molecule has 2 aromatic rings. The third kappa shape index (κ3) is 4.18. The predicted octanol–water partition coefficient (Wildman–Crippen LogP) is 4.50. The first-order chi connectivity index (χ1) is 11.8. The molecule has 0 spiro atoms. The quantitative estimate of drug-likeness (QED) is 0.784. The zero-order valence-corrected chi connectivity index (χ0v) is 14.9. The first kappa shape index (κ1) is 17.0. The maximum absolute atomic E-state index is 4.66. The van der Waals surface area contributed by atoms with E-state index in [9.17, 15) is 0 Å². The molecule has 2 heterocycles. The molecule has 128 valence electrons. The average Bonchev–Trinajstić information content (AvgIpc) is 2.64. The molecular formula is C20H28N4. The highest BCUT2D eigenvalue weighted by atomic mass is 15.1. The summed E-state index contributed by atoms with van der Waals surface area (Å²) < 4.78 is 0. The third-order valence-corrected chi connectivity index (χ3v) is 5.08. The molecule has 4 heteroatoms. The zero-order chi connectivity index (χ0) is 16.8. The summed E-state index contributed by atoms with van der Waals surface area (Å²) in [5.74, 6) is 1.61. The first-order valence-corrected chi connectivity index (χ1v) is 9.20. The van der Waals surface area contributed by atoms with Crippen LogP contribution >= 0.6 is 0 Å². The molecule has 0 saturated heterocycles. The summed E-state index contributed by atoms with van der Waals surface area (Å²) in [5.41, 5.74) is 2.30. The van der Waals surface area contributed by atoms with Crippen LogP contribution in [-0.4, -0.2) is 26.9 Å². The standard InChI is InChI=1S/C20H28N4/c1-3-19(18-11-7-8-12-21-18)24(2)15-16-13-22-20(23-14-16)17-9-5-4-6-10-17/h7-8,11-14,17,19H,3-6,9-10,15H2,1-2H3/t19-/m1/s1. The summed E-state index contributed by atoms with van der Waals surface area (Å²) in [6.45, 7) is 3.05. The van der Waals surface area contributed by atoms with Gasteiger partial charge >= 0.3 is 0 Å². The lowest BCUT2D eigenvalue weighted by Gasteiger charge is -2.26. The average molecular weight is 324 g/mol. The van der Waals surface area contributed by atoms with Crippen molar-refractivity contribution in [3.63, 3.8) is 0 Å². The van der Waals surface area contributed by atoms with Gasteiger partial charge in [0.15, 0.2) is 0 Å². The van der Waals surface area contributed by atoms with E-state index in [0.717, 1.165) is 24.5 Å². The fraction of sp³-hybridized carbons (Fsp3) is 0.550. The van der Waals surface area contributed by atoms with Crippen LogP contribution in [0.2, 0.25) is 0 Å². The Hall–Kier alpha value is -1.81. The van der Waals surface area contributed by atoms with Gasteiger partial charge in [-0.3, -0.25) is 9.88 Å². The van der Waals surface area contributed by atoms with Gasteiger partial charge in [-0.25, -0.2) is 9.97 Å². The lowest BCUT2D eigenvalue weighted by Crippen LogP contribution is -2.24. The Kier molecular flexibility index (Phi) is 5.91. The van der Waals surface area contributed by atoms with Crippen molar-refractivity contribution in [2.45, 2.75) is 64.0 Å². The molecule has 1 saturated carbocycles. The maximum atomic E-state index is 4.66. The minimum atomic E-state index is 0.323. The van der Waals surface area contributed by atoms with Crippen molar-refractivity contribution in [2.75, 3.05) is 7.05 Å². The topological polar surface area (TPSA) is 41.9 Å². The predicted molar refractivity (Wildman–Crippen MR) is 96.6 cm³/mol. The van der Waals surface area contributed by atoms with Gasteiger partial charge in [-0.15, -0.1) is 0 Å². The summed E-state index contributed by atoms with van der Waals surface area (Å²) >= 11 is 0. The van der Waals surface area contributed by atoms with E-state index in [0.29, 0.717) is 12.0 Å². The molecule has 1 aliphatic carbocycles. The lowest BCUT2D eigenvalue weighted by atomic mass is 9.89. The van der Waals surface area contributed by atoms with Crippen LogP contribution in [0.1, 0.15) is 74.5 Å². The number of aromatic nitrogens is 3. The minimum absolute atomic E-state index is 0.323. The monoisotopic (exact) mass is 324 g/mol. The van der Waals surface area contributed by atoms with E-state index in [4.69, 9.17) is 0 Å². The van der Waals surface area contributed by atoms with Crippen LogP contribution in [0.5, 0.6) is 0 Å². The molecule has 0 aliphatic heterocycles. The summed E-state index contributed by atoms with van der Waals surface area (Å²) in [6, 6.07) is 6.45. The highest BCUT2D eigenvalue weighted by Crippen LogP contribution is 2.30. The van der Waals surface area contributed by atoms with E-state index in [2.05, 4.69) is 46.0 Å². The van der Waals surface area contributed by atoms with Crippen LogP contribution in [-0.2, 0) is 6.54 Å². The Balaban J connectivity index is 1.64. The second-order valence-corrected chi connectivity index (χ2v) is 6.88. The molecule has 0 radical (unpaired) electrons. The first-order valence-electron chi connectivity index (χ1n) is 9.20. The van der Waals surface area contributed by atoms with Crippen LogP contribution in [0.3, 0.4) is 0 Å². The SMILES string of the molecule is CC[C@H](c1ccccn1)N(C)Cc1cnc(C2CCCCC2)nc1. The highest BCUT2D eigenvalue weighted by molar-refractivity contribution is 5.11. The molecule has 0 bridgehead atoms. The second kappa shape index (κ2) is 8.34. The van der Waals surface area contributed by atoms with Gasteiger partial charge < -0.3 is 0 Å². The number of nitrogens with zero attached hydrogens (tertiary/aromatic N) is 4. The Morgan fingerprint density at radius 1 is 1.08 bits per heavy atom. The fourth-order valence-electron chi connectivity index (χ4n) is 3.74. The van der Waals surface area contributed by atoms with Gasteiger partial charge in [-0.2, -0.15) is 0 Å². The Bertz CT molecular complexity index is 605. The molecule has 0 aromatic carbocycles. The molecule has 2 aromatic heterocycles. The fourth-order valence-corrected chi connectivity index (χ4v) is 3.74. The maximum Gasteiger partial charge on any atom is 0.131 e. The summed E-state index contributed by atoms with van der Waals surface area (Å²) in [7, 11) is 2.15. The summed E-state index contributed by atoms with van der Waals surface area (Å²) in [6.07, 6.45) is 13.4. The number of pyridine rings is 1.